The molecule has 1 unspecified atom stereocenters. The van der Waals surface area contributed by atoms with Gasteiger partial charge in [0.2, 0.25) is 5.16 Å². The Labute approximate surface area is 253 Å². The number of para-hydroxylation sites is 1. The summed E-state index contributed by atoms with van der Waals surface area (Å²) in [6.07, 6.45) is 0.843. The number of esters is 1. The standard InChI is InChI=1S/C33H32N6O3S/c1-4-42-31(40)27-25(34-32(41)35-28(27)24-18-20(2)14-15-21(24)3)19-43-33-36-30-29(37-38-33)23-12-8-9-13-26(23)39(30)17-16-22-10-6-5-7-11-22/h5-15,18,28H,4,16-17,19H2,1-3H3,(H2,34,35,41). The number of thioether (sulfide) groups is 1. The highest BCUT2D eigenvalue weighted by Crippen LogP contribution is 2.33. The zero-order valence-corrected chi connectivity index (χ0v) is 25.1. The lowest BCUT2D eigenvalue weighted by Crippen LogP contribution is -2.46. The fourth-order valence-corrected chi connectivity index (χ4v) is 6.24. The lowest BCUT2D eigenvalue weighted by molar-refractivity contribution is -0.139. The Kier molecular flexibility index (Phi) is 8.11. The van der Waals surface area contributed by atoms with Gasteiger partial charge in [0, 0.05) is 23.4 Å². The molecule has 2 N–H and O–H groups in total. The molecule has 9 nitrogen and oxygen atoms in total. The Morgan fingerprint density at radius 2 is 1.81 bits per heavy atom. The van der Waals surface area contributed by atoms with Crippen molar-refractivity contribution >= 4 is 45.8 Å². The number of carbonyl (C=O) groups is 2. The summed E-state index contributed by atoms with van der Waals surface area (Å²) in [6, 6.07) is 23.4. The Hall–Kier alpha value is -4.70. The average Bonchev–Trinajstić information content (AvgIpc) is 3.33. The van der Waals surface area contributed by atoms with Gasteiger partial charge >= 0.3 is 12.0 Å². The van der Waals surface area contributed by atoms with Gasteiger partial charge in [0.15, 0.2) is 5.65 Å². The Morgan fingerprint density at radius 1 is 1.02 bits per heavy atom. The van der Waals surface area contributed by atoms with Gasteiger partial charge in [-0.2, -0.15) is 0 Å². The maximum Gasteiger partial charge on any atom is 0.338 e. The van der Waals surface area contributed by atoms with E-state index in [1.165, 1.54) is 17.3 Å². The smallest absolute Gasteiger partial charge is 0.338 e. The molecule has 0 saturated heterocycles. The van der Waals surface area contributed by atoms with Crippen LogP contribution in [0.2, 0.25) is 0 Å². The molecular weight excluding hydrogens is 560 g/mol. The van der Waals surface area contributed by atoms with E-state index < -0.39 is 12.0 Å². The second kappa shape index (κ2) is 12.3. The number of rotatable bonds is 9. The van der Waals surface area contributed by atoms with Crippen molar-refractivity contribution < 1.29 is 14.3 Å². The number of hydrogen-bond acceptors (Lipinski definition) is 7. The number of benzene rings is 3. The molecule has 2 aromatic heterocycles. The van der Waals surface area contributed by atoms with Crippen molar-refractivity contribution in [3.8, 4) is 0 Å². The lowest BCUT2D eigenvalue weighted by atomic mass is 9.91. The van der Waals surface area contributed by atoms with Crippen LogP contribution in [0.25, 0.3) is 22.1 Å². The molecule has 0 aliphatic carbocycles. The predicted molar refractivity (Wildman–Crippen MR) is 168 cm³/mol. The van der Waals surface area contributed by atoms with Crippen molar-refractivity contribution in [3.63, 3.8) is 0 Å². The highest BCUT2D eigenvalue weighted by Gasteiger charge is 2.34. The van der Waals surface area contributed by atoms with E-state index in [0.717, 1.165) is 51.7 Å². The molecule has 2 amide bonds. The minimum absolute atomic E-state index is 0.216. The van der Waals surface area contributed by atoms with Gasteiger partial charge in [-0.15, -0.1) is 10.2 Å². The van der Waals surface area contributed by atoms with Crippen LogP contribution < -0.4 is 10.6 Å². The molecule has 1 aliphatic rings. The van der Waals surface area contributed by atoms with Crippen molar-refractivity contribution in [1.29, 1.82) is 0 Å². The van der Waals surface area contributed by atoms with Crippen LogP contribution in [0.3, 0.4) is 0 Å². The summed E-state index contributed by atoms with van der Waals surface area (Å²) >= 11 is 1.31. The highest BCUT2D eigenvalue weighted by molar-refractivity contribution is 7.99. The first-order chi connectivity index (χ1) is 20.9. The van der Waals surface area contributed by atoms with Crippen LogP contribution in [-0.4, -0.2) is 44.1 Å². The van der Waals surface area contributed by atoms with Gasteiger partial charge in [0.1, 0.15) is 5.52 Å². The quantitative estimate of drug-likeness (QED) is 0.164. The molecule has 3 heterocycles. The minimum atomic E-state index is -0.648. The first-order valence-electron chi connectivity index (χ1n) is 14.3. The van der Waals surface area contributed by atoms with Gasteiger partial charge in [-0.05, 0) is 49.9 Å². The van der Waals surface area contributed by atoms with Gasteiger partial charge in [0.25, 0.3) is 0 Å². The number of aromatic nitrogens is 4. The molecule has 0 radical (unpaired) electrons. The monoisotopic (exact) mass is 592 g/mol. The third-order valence-corrected chi connectivity index (χ3v) is 8.43. The summed E-state index contributed by atoms with van der Waals surface area (Å²) in [5, 5.41) is 16.2. The molecule has 1 atom stereocenters. The van der Waals surface area contributed by atoms with Crippen LogP contribution in [0.5, 0.6) is 0 Å². The van der Waals surface area contributed by atoms with Gasteiger partial charge in [0.05, 0.1) is 23.7 Å². The molecule has 0 saturated carbocycles. The van der Waals surface area contributed by atoms with Crippen LogP contribution in [0.4, 0.5) is 4.79 Å². The molecular formula is C33H32N6O3S. The number of nitrogens with zero attached hydrogens (tertiary/aromatic N) is 4. The van der Waals surface area contributed by atoms with E-state index >= 15 is 0 Å². The number of ether oxygens (including phenoxy) is 1. The van der Waals surface area contributed by atoms with Gasteiger partial charge < -0.3 is 19.9 Å². The predicted octanol–water partition coefficient (Wildman–Crippen LogP) is 5.80. The number of nitrogens with one attached hydrogen (secondary N) is 2. The first kappa shape index (κ1) is 28.4. The zero-order valence-electron chi connectivity index (χ0n) is 24.3. The highest BCUT2D eigenvalue weighted by atomic mass is 32.2. The molecule has 3 aromatic carbocycles. The van der Waals surface area contributed by atoms with E-state index in [1.807, 2.05) is 68.4 Å². The maximum atomic E-state index is 13.3. The summed E-state index contributed by atoms with van der Waals surface area (Å²) < 4.78 is 7.63. The van der Waals surface area contributed by atoms with E-state index in [9.17, 15) is 9.59 Å². The topological polar surface area (TPSA) is 111 Å². The Morgan fingerprint density at radius 3 is 2.63 bits per heavy atom. The van der Waals surface area contributed by atoms with Crippen LogP contribution in [0.1, 0.15) is 35.2 Å². The fraction of sp³-hybridized carbons (Fsp3) is 0.242. The summed E-state index contributed by atoms with van der Waals surface area (Å²) in [7, 11) is 0. The van der Waals surface area contributed by atoms with Crippen LogP contribution in [-0.2, 0) is 22.5 Å². The molecule has 10 heteroatoms. The van der Waals surface area contributed by atoms with Crippen molar-refractivity contribution in [2.24, 2.45) is 0 Å². The third-order valence-electron chi connectivity index (χ3n) is 7.56. The van der Waals surface area contributed by atoms with Gasteiger partial charge in [-0.25, -0.2) is 14.6 Å². The van der Waals surface area contributed by atoms with Crippen LogP contribution >= 0.6 is 11.8 Å². The van der Waals surface area contributed by atoms with E-state index in [4.69, 9.17) is 9.72 Å². The van der Waals surface area contributed by atoms with Crippen molar-refractivity contribution in [1.82, 2.24) is 30.4 Å². The molecule has 1 aliphatic heterocycles. The summed E-state index contributed by atoms with van der Waals surface area (Å²) in [4.78, 5) is 31.0. The SMILES string of the molecule is CCOC(=O)C1=C(CSc2nnc3c4ccccc4n(CCc4ccccc4)c3n2)NC(=O)NC1c1cc(C)ccc1C. The van der Waals surface area contributed by atoms with E-state index in [1.54, 1.807) is 6.92 Å². The number of urea groups is 1. The Bertz CT molecular complexity index is 1870. The molecule has 43 heavy (non-hydrogen) atoms. The third kappa shape index (κ3) is 5.83. The minimum Gasteiger partial charge on any atom is -0.463 e. The van der Waals surface area contributed by atoms with Gasteiger partial charge in [-0.1, -0.05) is 84.1 Å². The van der Waals surface area contributed by atoms with Gasteiger partial charge in [-0.3, -0.25) is 0 Å². The number of amides is 2. The number of fused-ring (bicyclic) bond motifs is 3. The number of aryl methyl sites for hydroxylation is 4. The molecule has 0 spiro atoms. The van der Waals surface area contributed by atoms with Crippen LogP contribution in [0, 0.1) is 13.8 Å². The van der Waals surface area contributed by atoms with Crippen molar-refractivity contribution in [2.45, 2.75) is 44.9 Å². The van der Waals surface area contributed by atoms with E-state index in [-0.39, 0.29) is 18.4 Å². The first-order valence-corrected chi connectivity index (χ1v) is 15.2. The maximum absolute atomic E-state index is 13.3. The van der Waals surface area contributed by atoms with E-state index in [2.05, 4.69) is 43.6 Å². The summed E-state index contributed by atoms with van der Waals surface area (Å²) in [5.41, 5.74) is 7.45. The molecule has 6 rings (SSSR count). The largest absolute Gasteiger partial charge is 0.463 e. The normalized spacial score (nSPS) is 15.0. The molecule has 5 aromatic rings. The zero-order chi connectivity index (χ0) is 29.9. The average molecular weight is 593 g/mol. The molecule has 0 bridgehead atoms. The number of carbonyl (C=O) groups excluding carboxylic acids is 2. The van der Waals surface area contributed by atoms with Crippen molar-refractivity contribution in [2.75, 3.05) is 12.4 Å². The summed E-state index contributed by atoms with van der Waals surface area (Å²) in [5.74, 6) is -0.229. The second-order valence-electron chi connectivity index (χ2n) is 10.5. The van der Waals surface area contributed by atoms with Crippen molar-refractivity contribution in [3.05, 3.63) is 106 Å². The van der Waals surface area contributed by atoms with Crippen LogP contribution in [0.15, 0.2) is 89.2 Å². The molecule has 0 fully saturated rings. The second-order valence-corrected chi connectivity index (χ2v) is 11.4. The number of hydrogen-bond donors (Lipinski definition) is 2. The van der Waals surface area contributed by atoms with E-state index in [0.29, 0.717) is 16.4 Å². The molecule has 218 valence electrons. The summed E-state index contributed by atoms with van der Waals surface area (Å²) in [6.45, 7) is 6.66. The Balaban J connectivity index is 1.35. The fourth-order valence-electron chi connectivity index (χ4n) is 5.48. The lowest BCUT2D eigenvalue weighted by Gasteiger charge is -2.30.